The molecule has 3 heterocycles. The Kier molecular flexibility index (Phi) is 5.35. The van der Waals surface area contributed by atoms with Gasteiger partial charge in [-0.05, 0) is 24.6 Å². The van der Waals surface area contributed by atoms with Gasteiger partial charge in [-0.15, -0.1) is 0 Å². The molecule has 0 unspecified atom stereocenters. The van der Waals surface area contributed by atoms with E-state index in [0.29, 0.717) is 40.0 Å². The van der Waals surface area contributed by atoms with Gasteiger partial charge in [0.2, 0.25) is 0 Å². The lowest BCUT2D eigenvalue weighted by atomic mass is 10.0. The smallest absolute Gasteiger partial charge is 0.252 e. The van der Waals surface area contributed by atoms with Crippen molar-refractivity contribution in [1.29, 1.82) is 0 Å². The predicted octanol–water partition coefficient (Wildman–Crippen LogP) is 2.68. The molecular weight excluding hydrogens is 399 g/mol. The van der Waals surface area contributed by atoms with Crippen LogP contribution in [-0.2, 0) is 20.2 Å². The van der Waals surface area contributed by atoms with Gasteiger partial charge in [-0.3, -0.25) is 19.4 Å². The Morgan fingerprint density at radius 2 is 2.06 bits per heavy atom. The number of carbonyl (C=O) groups is 1. The molecule has 0 aliphatic rings. The van der Waals surface area contributed by atoms with Gasteiger partial charge in [-0.25, -0.2) is 4.39 Å². The zero-order valence-corrected chi connectivity index (χ0v) is 17.1. The monoisotopic (exact) mass is 420 g/mol. The molecule has 0 saturated heterocycles. The van der Waals surface area contributed by atoms with Gasteiger partial charge in [0.05, 0.1) is 41.3 Å². The number of aromatic nitrogens is 4. The van der Waals surface area contributed by atoms with Gasteiger partial charge in [-0.1, -0.05) is 6.07 Å². The molecule has 31 heavy (non-hydrogen) atoms. The van der Waals surface area contributed by atoms with E-state index >= 15 is 0 Å². The van der Waals surface area contributed by atoms with E-state index in [2.05, 4.69) is 20.4 Å². The molecule has 0 aliphatic carbocycles. The summed E-state index contributed by atoms with van der Waals surface area (Å²) in [6, 6.07) is 6.23. The Balaban J connectivity index is 1.83. The first-order valence-electron chi connectivity index (χ1n) is 9.58. The number of anilines is 1. The number of aliphatic hydroxyl groups excluding tert-OH is 1. The molecule has 0 radical (unpaired) electrons. The molecular formula is C22H21FN6O2. The molecule has 0 bridgehead atoms. The summed E-state index contributed by atoms with van der Waals surface area (Å²) >= 11 is 0. The molecule has 4 aromatic rings. The molecule has 4 rings (SSSR count). The van der Waals surface area contributed by atoms with Crippen LogP contribution in [0.2, 0.25) is 0 Å². The number of aryl methyl sites for hydroxylation is 2. The Bertz CT molecular complexity index is 1280. The molecule has 1 aromatic carbocycles. The minimum atomic E-state index is -0.644. The molecule has 4 N–H and O–H groups in total. The number of aliphatic hydroxyl groups is 1. The molecule has 0 aliphatic heterocycles. The van der Waals surface area contributed by atoms with Gasteiger partial charge in [0.15, 0.2) is 0 Å². The molecule has 9 heteroatoms. The third kappa shape index (κ3) is 3.95. The van der Waals surface area contributed by atoms with Crippen molar-refractivity contribution in [2.24, 2.45) is 12.8 Å². The maximum Gasteiger partial charge on any atom is 0.252 e. The number of amides is 1. The van der Waals surface area contributed by atoms with Crippen molar-refractivity contribution in [1.82, 2.24) is 19.7 Å². The SMILES string of the molecule is Cc1cn(C)nc1CNc1c(C(N)=O)cnc2cc(F)c(-c3ccc(CO)nc3)cc12. The highest BCUT2D eigenvalue weighted by Gasteiger charge is 2.17. The standard InChI is InChI=1S/C22H21FN6O2/c1-12-10-29(2)28-20(12)9-27-21-16-5-15(13-3-4-14(11-30)25-7-13)18(23)6-19(16)26-8-17(21)22(24)31/h3-8,10,30H,9,11H2,1-2H3,(H2,24,31)(H,26,27). The van der Waals surface area contributed by atoms with Crippen LogP contribution in [0.15, 0.2) is 42.9 Å². The highest BCUT2D eigenvalue weighted by Crippen LogP contribution is 2.33. The first-order chi connectivity index (χ1) is 14.9. The summed E-state index contributed by atoms with van der Waals surface area (Å²) in [6.07, 6.45) is 4.73. The van der Waals surface area contributed by atoms with Crippen molar-refractivity contribution in [2.45, 2.75) is 20.1 Å². The summed E-state index contributed by atoms with van der Waals surface area (Å²) in [5.41, 5.74) is 9.74. The summed E-state index contributed by atoms with van der Waals surface area (Å²) in [4.78, 5) is 20.4. The van der Waals surface area contributed by atoms with Crippen LogP contribution in [0.3, 0.4) is 0 Å². The quantitative estimate of drug-likeness (QED) is 0.441. The van der Waals surface area contributed by atoms with Crippen LogP contribution in [0, 0.1) is 12.7 Å². The minimum Gasteiger partial charge on any atom is -0.390 e. The average Bonchev–Trinajstić information content (AvgIpc) is 3.08. The van der Waals surface area contributed by atoms with E-state index in [4.69, 9.17) is 5.73 Å². The number of nitrogens with one attached hydrogen (secondary N) is 1. The fourth-order valence-corrected chi connectivity index (χ4v) is 3.49. The summed E-state index contributed by atoms with van der Waals surface area (Å²) in [5.74, 6) is -1.12. The van der Waals surface area contributed by atoms with Gasteiger partial charge in [-0.2, -0.15) is 5.10 Å². The summed E-state index contributed by atoms with van der Waals surface area (Å²) in [5, 5.41) is 17.4. The third-order valence-electron chi connectivity index (χ3n) is 5.07. The van der Waals surface area contributed by atoms with E-state index < -0.39 is 11.7 Å². The number of nitrogens with two attached hydrogens (primary N) is 1. The van der Waals surface area contributed by atoms with Gasteiger partial charge in [0, 0.05) is 48.2 Å². The van der Waals surface area contributed by atoms with Crippen LogP contribution < -0.4 is 11.1 Å². The van der Waals surface area contributed by atoms with Crippen LogP contribution in [0.5, 0.6) is 0 Å². The van der Waals surface area contributed by atoms with E-state index in [-0.39, 0.29) is 12.2 Å². The Morgan fingerprint density at radius 3 is 2.68 bits per heavy atom. The lowest BCUT2D eigenvalue weighted by Crippen LogP contribution is -2.15. The number of primary amides is 1. The number of halogens is 1. The number of pyridine rings is 2. The van der Waals surface area contributed by atoms with Gasteiger partial charge in [0.25, 0.3) is 5.91 Å². The fraction of sp³-hybridized carbons (Fsp3) is 0.182. The maximum atomic E-state index is 14.8. The second-order valence-electron chi connectivity index (χ2n) is 7.24. The molecule has 0 saturated carbocycles. The Morgan fingerprint density at radius 1 is 1.26 bits per heavy atom. The third-order valence-corrected chi connectivity index (χ3v) is 5.07. The van der Waals surface area contributed by atoms with Gasteiger partial charge in [0.1, 0.15) is 5.82 Å². The molecule has 1 amide bonds. The zero-order chi connectivity index (χ0) is 22.1. The topological polar surface area (TPSA) is 119 Å². The van der Waals surface area contributed by atoms with Crippen molar-refractivity contribution in [3.05, 3.63) is 71.2 Å². The van der Waals surface area contributed by atoms with Crippen LogP contribution in [0.4, 0.5) is 10.1 Å². The minimum absolute atomic E-state index is 0.201. The molecule has 3 aromatic heterocycles. The number of benzene rings is 1. The van der Waals surface area contributed by atoms with E-state index in [0.717, 1.165) is 11.3 Å². The first kappa shape index (κ1) is 20.4. The van der Waals surface area contributed by atoms with E-state index in [1.807, 2.05) is 20.2 Å². The normalized spacial score (nSPS) is 11.1. The first-order valence-corrected chi connectivity index (χ1v) is 9.58. The average molecular weight is 420 g/mol. The molecule has 0 atom stereocenters. The maximum absolute atomic E-state index is 14.8. The summed E-state index contributed by atoms with van der Waals surface area (Å²) in [6.45, 7) is 2.10. The molecule has 158 valence electrons. The van der Waals surface area contributed by atoms with E-state index in [9.17, 15) is 14.3 Å². The fourth-order valence-electron chi connectivity index (χ4n) is 3.49. The predicted molar refractivity (Wildman–Crippen MR) is 115 cm³/mol. The van der Waals surface area contributed by atoms with Crippen LogP contribution >= 0.6 is 0 Å². The highest BCUT2D eigenvalue weighted by molar-refractivity contribution is 6.07. The van der Waals surface area contributed by atoms with Crippen molar-refractivity contribution in [3.8, 4) is 11.1 Å². The molecule has 0 fully saturated rings. The second kappa shape index (κ2) is 8.11. The second-order valence-corrected chi connectivity index (χ2v) is 7.24. The van der Waals surface area contributed by atoms with Gasteiger partial charge < -0.3 is 16.2 Å². The number of rotatable bonds is 6. The van der Waals surface area contributed by atoms with Crippen molar-refractivity contribution in [3.63, 3.8) is 0 Å². The van der Waals surface area contributed by atoms with E-state index in [1.165, 1.54) is 18.5 Å². The number of hydrogen-bond donors (Lipinski definition) is 3. The Hall–Kier alpha value is -3.85. The van der Waals surface area contributed by atoms with Crippen LogP contribution in [-0.4, -0.2) is 30.8 Å². The number of hydrogen-bond acceptors (Lipinski definition) is 6. The van der Waals surface area contributed by atoms with Crippen molar-refractivity contribution in [2.75, 3.05) is 5.32 Å². The Labute approximate surface area is 177 Å². The van der Waals surface area contributed by atoms with Crippen LogP contribution in [0.1, 0.15) is 27.3 Å². The van der Waals surface area contributed by atoms with Gasteiger partial charge >= 0.3 is 0 Å². The molecule has 8 nitrogen and oxygen atoms in total. The summed E-state index contributed by atoms with van der Waals surface area (Å²) < 4.78 is 16.6. The lowest BCUT2D eigenvalue weighted by Gasteiger charge is -2.14. The summed E-state index contributed by atoms with van der Waals surface area (Å²) in [7, 11) is 1.83. The highest BCUT2D eigenvalue weighted by atomic mass is 19.1. The zero-order valence-electron chi connectivity index (χ0n) is 17.1. The number of fused-ring (bicyclic) bond motifs is 1. The largest absolute Gasteiger partial charge is 0.390 e. The lowest BCUT2D eigenvalue weighted by molar-refractivity contribution is 0.100. The van der Waals surface area contributed by atoms with Crippen molar-refractivity contribution < 1.29 is 14.3 Å². The van der Waals surface area contributed by atoms with Crippen LogP contribution in [0.25, 0.3) is 22.0 Å². The number of nitrogens with zero attached hydrogens (tertiary/aromatic N) is 4. The molecule has 0 spiro atoms. The number of carbonyl (C=O) groups excluding carboxylic acids is 1. The van der Waals surface area contributed by atoms with E-state index in [1.54, 1.807) is 22.9 Å². The van der Waals surface area contributed by atoms with Crippen molar-refractivity contribution >= 4 is 22.5 Å².